The molecule has 1 aromatic heterocycles. The van der Waals surface area contributed by atoms with E-state index in [4.69, 9.17) is 18.0 Å². The molecule has 0 aliphatic carbocycles. The number of hydrogen-bond acceptors (Lipinski definition) is 3. The maximum atomic E-state index is 10.5. The smallest absolute Gasteiger partial charge is 0.241 e. The van der Waals surface area contributed by atoms with Crippen LogP contribution in [-0.4, -0.2) is 22.5 Å². The summed E-state index contributed by atoms with van der Waals surface area (Å²) >= 11 is 5.23. The lowest BCUT2D eigenvalue weighted by molar-refractivity contribution is -0.113. The van der Waals surface area contributed by atoms with Crippen molar-refractivity contribution in [3.8, 4) is 0 Å². The zero-order valence-electron chi connectivity index (χ0n) is 11.4. The van der Waals surface area contributed by atoms with Gasteiger partial charge in [-0.3, -0.25) is 9.78 Å². The van der Waals surface area contributed by atoms with Crippen LogP contribution >= 0.6 is 12.2 Å². The van der Waals surface area contributed by atoms with Gasteiger partial charge in [0.1, 0.15) is 0 Å². The SMILES string of the molecule is NC(=O)C=CCCNC(=S)Nc1cccc2cccnc12. The summed E-state index contributed by atoms with van der Waals surface area (Å²) in [7, 11) is 0. The molecule has 0 spiro atoms. The number of anilines is 1. The number of benzene rings is 1. The molecule has 0 aliphatic heterocycles. The van der Waals surface area contributed by atoms with Crippen LogP contribution in [0.15, 0.2) is 48.7 Å². The zero-order valence-corrected chi connectivity index (χ0v) is 12.2. The van der Waals surface area contributed by atoms with E-state index in [2.05, 4.69) is 15.6 Å². The van der Waals surface area contributed by atoms with Crippen LogP contribution in [-0.2, 0) is 4.79 Å². The summed E-state index contributed by atoms with van der Waals surface area (Å²) in [5.41, 5.74) is 6.73. The largest absolute Gasteiger partial charge is 0.366 e. The van der Waals surface area contributed by atoms with Gasteiger partial charge in [-0.2, -0.15) is 0 Å². The van der Waals surface area contributed by atoms with Gasteiger partial charge in [-0.15, -0.1) is 0 Å². The average molecular weight is 300 g/mol. The second-order valence-corrected chi connectivity index (χ2v) is 4.76. The van der Waals surface area contributed by atoms with Crippen LogP contribution in [0, 0.1) is 0 Å². The van der Waals surface area contributed by atoms with E-state index >= 15 is 0 Å². The maximum absolute atomic E-state index is 10.5. The first-order chi connectivity index (χ1) is 10.2. The second kappa shape index (κ2) is 7.35. The van der Waals surface area contributed by atoms with Crippen LogP contribution in [0.1, 0.15) is 6.42 Å². The van der Waals surface area contributed by atoms with Gasteiger partial charge < -0.3 is 16.4 Å². The Morgan fingerprint density at radius 3 is 2.95 bits per heavy atom. The lowest BCUT2D eigenvalue weighted by Gasteiger charge is -2.11. The monoisotopic (exact) mass is 300 g/mol. The highest BCUT2D eigenvalue weighted by Gasteiger charge is 2.02. The molecule has 0 bridgehead atoms. The van der Waals surface area contributed by atoms with E-state index in [0.717, 1.165) is 16.6 Å². The fourth-order valence-electron chi connectivity index (χ4n) is 1.84. The van der Waals surface area contributed by atoms with Gasteiger partial charge in [0.05, 0.1) is 11.2 Å². The van der Waals surface area contributed by atoms with Gasteiger partial charge >= 0.3 is 0 Å². The lowest BCUT2D eigenvalue weighted by Crippen LogP contribution is -2.29. The average Bonchev–Trinajstić information content (AvgIpc) is 2.47. The van der Waals surface area contributed by atoms with Crippen molar-refractivity contribution in [2.75, 3.05) is 11.9 Å². The number of fused-ring (bicyclic) bond motifs is 1. The first-order valence-electron chi connectivity index (χ1n) is 6.51. The van der Waals surface area contributed by atoms with E-state index in [1.54, 1.807) is 12.3 Å². The third-order valence-corrected chi connectivity index (χ3v) is 3.01. The maximum Gasteiger partial charge on any atom is 0.241 e. The fourth-order valence-corrected chi connectivity index (χ4v) is 2.05. The molecule has 1 aromatic carbocycles. The minimum atomic E-state index is -0.447. The number of nitrogens with zero attached hydrogens (tertiary/aromatic N) is 1. The molecule has 0 fully saturated rings. The van der Waals surface area contributed by atoms with Crippen molar-refractivity contribution in [3.63, 3.8) is 0 Å². The number of primary amides is 1. The molecule has 0 saturated carbocycles. The first-order valence-corrected chi connectivity index (χ1v) is 6.92. The number of carbonyl (C=O) groups is 1. The fraction of sp³-hybridized carbons (Fsp3) is 0.133. The zero-order chi connectivity index (χ0) is 15.1. The molecule has 6 heteroatoms. The molecule has 0 saturated heterocycles. The molecule has 2 aromatic rings. The molecule has 0 atom stereocenters. The summed E-state index contributed by atoms with van der Waals surface area (Å²) in [5, 5.41) is 7.75. The number of aromatic nitrogens is 1. The molecule has 2 rings (SSSR count). The quantitative estimate of drug-likeness (QED) is 0.447. The number of rotatable bonds is 5. The number of nitrogens with one attached hydrogen (secondary N) is 2. The number of para-hydroxylation sites is 1. The van der Waals surface area contributed by atoms with Crippen molar-refractivity contribution in [2.24, 2.45) is 5.73 Å². The van der Waals surface area contributed by atoms with Crippen LogP contribution in [0.3, 0.4) is 0 Å². The van der Waals surface area contributed by atoms with Crippen LogP contribution in [0.2, 0.25) is 0 Å². The summed E-state index contributed by atoms with van der Waals surface area (Å²) < 4.78 is 0. The Balaban J connectivity index is 1.91. The second-order valence-electron chi connectivity index (χ2n) is 4.36. The molecule has 21 heavy (non-hydrogen) atoms. The summed E-state index contributed by atoms with van der Waals surface area (Å²) in [4.78, 5) is 14.9. The Morgan fingerprint density at radius 2 is 2.14 bits per heavy atom. The molecule has 1 heterocycles. The molecule has 0 aliphatic rings. The number of thiocarbonyl (C=S) groups is 1. The van der Waals surface area contributed by atoms with Crippen molar-refractivity contribution in [3.05, 3.63) is 48.7 Å². The van der Waals surface area contributed by atoms with Gasteiger partial charge in [0, 0.05) is 18.1 Å². The Morgan fingerprint density at radius 1 is 1.33 bits per heavy atom. The normalized spacial score (nSPS) is 10.7. The third kappa shape index (κ3) is 4.54. The number of pyridine rings is 1. The van der Waals surface area contributed by atoms with Crippen molar-refractivity contribution in [1.82, 2.24) is 10.3 Å². The van der Waals surface area contributed by atoms with Crippen LogP contribution < -0.4 is 16.4 Å². The lowest BCUT2D eigenvalue weighted by atomic mass is 10.2. The number of hydrogen-bond donors (Lipinski definition) is 3. The van der Waals surface area contributed by atoms with E-state index in [1.807, 2.05) is 30.3 Å². The predicted octanol–water partition coefficient (Wildman–Crippen LogP) is 1.95. The highest BCUT2D eigenvalue weighted by molar-refractivity contribution is 7.80. The highest BCUT2D eigenvalue weighted by atomic mass is 32.1. The van der Waals surface area contributed by atoms with Crippen LogP contribution in [0.25, 0.3) is 10.9 Å². The van der Waals surface area contributed by atoms with Gasteiger partial charge in [-0.1, -0.05) is 24.3 Å². The Bertz CT molecular complexity index is 679. The molecule has 5 nitrogen and oxygen atoms in total. The number of carbonyl (C=O) groups excluding carboxylic acids is 1. The molecule has 0 radical (unpaired) electrons. The number of nitrogens with two attached hydrogens (primary N) is 1. The van der Waals surface area contributed by atoms with Crippen molar-refractivity contribution < 1.29 is 4.79 Å². The van der Waals surface area contributed by atoms with Gasteiger partial charge in [-0.05, 0) is 36.8 Å². The van der Waals surface area contributed by atoms with Crippen molar-refractivity contribution >= 4 is 39.8 Å². The number of amides is 1. The first kappa shape index (κ1) is 14.9. The Hall–Kier alpha value is -2.47. The van der Waals surface area contributed by atoms with E-state index in [0.29, 0.717) is 18.1 Å². The minimum Gasteiger partial charge on any atom is -0.366 e. The van der Waals surface area contributed by atoms with Gasteiger partial charge in [0.15, 0.2) is 5.11 Å². The van der Waals surface area contributed by atoms with E-state index in [-0.39, 0.29) is 0 Å². The summed E-state index contributed by atoms with van der Waals surface area (Å²) in [6, 6.07) is 9.77. The van der Waals surface area contributed by atoms with Gasteiger partial charge in [-0.25, -0.2) is 0 Å². The van der Waals surface area contributed by atoms with Crippen LogP contribution in [0.4, 0.5) is 5.69 Å². The summed E-state index contributed by atoms with van der Waals surface area (Å²) in [6.07, 6.45) is 5.46. The molecule has 4 N–H and O–H groups in total. The van der Waals surface area contributed by atoms with Crippen LogP contribution in [0.5, 0.6) is 0 Å². The van der Waals surface area contributed by atoms with Gasteiger partial charge in [0.2, 0.25) is 5.91 Å². The van der Waals surface area contributed by atoms with Crippen molar-refractivity contribution in [1.29, 1.82) is 0 Å². The van der Waals surface area contributed by atoms with E-state index < -0.39 is 5.91 Å². The Labute approximate surface area is 128 Å². The minimum absolute atomic E-state index is 0.447. The predicted molar refractivity (Wildman–Crippen MR) is 88.9 cm³/mol. The highest BCUT2D eigenvalue weighted by Crippen LogP contribution is 2.20. The van der Waals surface area contributed by atoms with E-state index in [1.165, 1.54) is 6.08 Å². The van der Waals surface area contributed by atoms with Gasteiger partial charge in [0.25, 0.3) is 0 Å². The molecule has 108 valence electrons. The summed E-state index contributed by atoms with van der Waals surface area (Å²) in [5.74, 6) is -0.447. The molecular formula is C15H16N4OS. The topological polar surface area (TPSA) is 80.0 Å². The third-order valence-electron chi connectivity index (χ3n) is 2.76. The Kier molecular flexibility index (Phi) is 5.22. The van der Waals surface area contributed by atoms with E-state index in [9.17, 15) is 4.79 Å². The molecule has 0 unspecified atom stereocenters. The molecule has 1 amide bonds. The standard InChI is InChI=1S/C15H16N4OS/c16-13(20)8-1-2-9-18-15(21)19-12-7-3-5-11-6-4-10-17-14(11)12/h1,3-8,10H,2,9H2,(H2,16,20)(H2,18,19,21). The summed E-state index contributed by atoms with van der Waals surface area (Å²) in [6.45, 7) is 0.619. The molecular weight excluding hydrogens is 284 g/mol. The van der Waals surface area contributed by atoms with Crippen molar-refractivity contribution in [2.45, 2.75) is 6.42 Å².